The van der Waals surface area contributed by atoms with E-state index in [0.717, 1.165) is 13.0 Å². The average molecular weight is 218 g/mol. The molecule has 0 saturated carbocycles. The highest BCUT2D eigenvalue weighted by Gasteiger charge is 2.16. The van der Waals surface area contributed by atoms with Gasteiger partial charge in [-0.25, -0.2) is 0 Å². The van der Waals surface area contributed by atoms with E-state index in [1.165, 1.54) is 30.6 Å². The monoisotopic (exact) mass is 218 g/mol. The van der Waals surface area contributed by atoms with Crippen LogP contribution in [0.2, 0.25) is 0 Å². The van der Waals surface area contributed by atoms with Crippen LogP contribution in [-0.2, 0) is 6.42 Å². The maximum absolute atomic E-state index is 3.64. The molecular weight excluding hydrogens is 196 g/mol. The number of piperidine rings is 1. The Morgan fingerprint density at radius 1 is 1.44 bits per heavy atom. The standard InChI is InChI=1S/C14H22N2/c1-3-12-6-4-7-13(10-12)15-14-8-5-9-16(2)11-14/h4,6-7,10,14-15H,3,5,8-9,11H2,1-2H3. The zero-order chi connectivity index (χ0) is 11.4. The Morgan fingerprint density at radius 3 is 3.06 bits per heavy atom. The Labute approximate surface area is 98.7 Å². The van der Waals surface area contributed by atoms with E-state index in [9.17, 15) is 0 Å². The van der Waals surface area contributed by atoms with Crippen LogP contribution in [0.15, 0.2) is 24.3 Å². The van der Waals surface area contributed by atoms with Crippen LogP contribution >= 0.6 is 0 Å². The molecule has 1 atom stereocenters. The number of nitrogens with zero attached hydrogens (tertiary/aromatic N) is 1. The topological polar surface area (TPSA) is 15.3 Å². The van der Waals surface area contributed by atoms with E-state index in [2.05, 4.69) is 48.5 Å². The summed E-state index contributed by atoms with van der Waals surface area (Å²) in [5.74, 6) is 0. The lowest BCUT2D eigenvalue weighted by Crippen LogP contribution is -2.39. The van der Waals surface area contributed by atoms with Crippen LogP contribution in [0.3, 0.4) is 0 Å². The number of nitrogens with one attached hydrogen (secondary N) is 1. The lowest BCUT2D eigenvalue weighted by Gasteiger charge is -2.31. The predicted molar refractivity (Wildman–Crippen MR) is 70.0 cm³/mol. The fourth-order valence-electron chi connectivity index (χ4n) is 2.40. The van der Waals surface area contributed by atoms with Crippen LogP contribution in [0.5, 0.6) is 0 Å². The van der Waals surface area contributed by atoms with Crippen LogP contribution in [0.25, 0.3) is 0 Å². The summed E-state index contributed by atoms with van der Waals surface area (Å²) in [6, 6.07) is 9.40. The summed E-state index contributed by atoms with van der Waals surface area (Å²) >= 11 is 0. The summed E-state index contributed by atoms with van der Waals surface area (Å²) in [6.07, 6.45) is 3.71. The van der Waals surface area contributed by atoms with Crippen molar-refractivity contribution in [2.75, 3.05) is 25.5 Å². The van der Waals surface area contributed by atoms with Gasteiger partial charge in [0, 0.05) is 18.3 Å². The van der Waals surface area contributed by atoms with Gasteiger partial charge in [0.1, 0.15) is 0 Å². The van der Waals surface area contributed by atoms with Crippen LogP contribution in [0, 0.1) is 0 Å². The fraction of sp³-hybridized carbons (Fsp3) is 0.571. The van der Waals surface area contributed by atoms with Gasteiger partial charge >= 0.3 is 0 Å². The Kier molecular flexibility index (Phi) is 3.83. The van der Waals surface area contributed by atoms with E-state index in [1.54, 1.807) is 0 Å². The van der Waals surface area contributed by atoms with E-state index < -0.39 is 0 Å². The van der Waals surface area contributed by atoms with Crippen molar-refractivity contribution < 1.29 is 0 Å². The number of aryl methyl sites for hydroxylation is 1. The highest BCUT2D eigenvalue weighted by Crippen LogP contribution is 2.16. The lowest BCUT2D eigenvalue weighted by atomic mass is 10.1. The van der Waals surface area contributed by atoms with Crippen molar-refractivity contribution >= 4 is 5.69 Å². The minimum absolute atomic E-state index is 0.617. The number of hydrogen-bond donors (Lipinski definition) is 1. The number of anilines is 1. The zero-order valence-corrected chi connectivity index (χ0v) is 10.4. The van der Waals surface area contributed by atoms with Crippen molar-refractivity contribution in [3.63, 3.8) is 0 Å². The molecule has 2 nitrogen and oxygen atoms in total. The largest absolute Gasteiger partial charge is 0.381 e. The molecule has 1 N–H and O–H groups in total. The van der Waals surface area contributed by atoms with Crippen molar-refractivity contribution in [2.45, 2.75) is 32.2 Å². The third kappa shape index (κ3) is 2.99. The molecular formula is C14H22N2. The Hall–Kier alpha value is -1.02. The molecule has 2 rings (SSSR count). The van der Waals surface area contributed by atoms with Crippen LogP contribution in [0.1, 0.15) is 25.3 Å². The minimum atomic E-state index is 0.617. The molecule has 0 radical (unpaired) electrons. The molecule has 2 heteroatoms. The Balaban J connectivity index is 1.97. The van der Waals surface area contributed by atoms with Crippen molar-refractivity contribution in [2.24, 2.45) is 0 Å². The molecule has 0 aliphatic carbocycles. The number of rotatable bonds is 3. The van der Waals surface area contributed by atoms with Gasteiger partial charge < -0.3 is 10.2 Å². The number of likely N-dealkylation sites (tertiary alicyclic amines) is 1. The second-order valence-electron chi connectivity index (χ2n) is 4.80. The van der Waals surface area contributed by atoms with Gasteiger partial charge in [0.15, 0.2) is 0 Å². The SMILES string of the molecule is CCc1cccc(NC2CCCN(C)C2)c1. The molecule has 1 aliphatic rings. The van der Waals surface area contributed by atoms with Gasteiger partial charge in [-0.3, -0.25) is 0 Å². The number of benzene rings is 1. The summed E-state index contributed by atoms with van der Waals surface area (Å²) in [5, 5.41) is 3.64. The summed E-state index contributed by atoms with van der Waals surface area (Å²) in [4.78, 5) is 2.41. The third-order valence-corrected chi connectivity index (χ3v) is 3.33. The Bertz CT molecular complexity index is 335. The molecule has 0 aromatic heterocycles. The van der Waals surface area contributed by atoms with Gasteiger partial charge in [0.25, 0.3) is 0 Å². The average Bonchev–Trinajstić information content (AvgIpc) is 2.29. The number of hydrogen-bond acceptors (Lipinski definition) is 2. The van der Waals surface area contributed by atoms with Gasteiger partial charge in [0.2, 0.25) is 0 Å². The van der Waals surface area contributed by atoms with Crippen LogP contribution < -0.4 is 5.32 Å². The second kappa shape index (κ2) is 5.35. The first-order valence-electron chi connectivity index (χ1n) is 6.32. The van der Waals surface area contributed by atoms with Gasteiger partial charge in [-0.05, 0) is 50.6 Å². The molecule has 1 aromatic carbocycles. The quantitative estimate of drug-likeness (QED) is 0.839. The zero-order valence-electron chi connectivity index (χ0n) is 10.4. The fourth-order valence-corrected chi connectivity index (χ4v) is 2.40. The maximum atomic E-state index is 3.64. The minimum Gasteiger partial charge on any atom is -0.381 e. The van der Waals surface area contributed by atoms with E-state index >= 15 is 0 Å². The summed E-state index contributed by atoms with van der Waals surface area (Å²) in [5.41, 5.74) is 2.69. The molecule has 1 aromatic rings. The van der Waals surface area contributed by atoms with E-state index in [4.69, 9.17) is 0 Å². The van der Waals surface area contributed by atoms with Crippen molar-refractivity contribution in [1.29, 1.82) is 0 Å². The lowest BCUT2D eigenvalue weighted by molar-refractivity contribution is 0.261. The molecule has 0 amide bonds. The smallest absolute Gasteiger partial charge is 0.0388 e. The van der Waals surface area contributed by atoms with E-state index in [-0.39, 0.29) is 0 Å². The first kappa shape index (κ1) is 11.5. The van der Waals surface area contributed by atoms with Gasteiger partial charge in [-0.15, -0.1) is 0 Å². The van der Waals surface area contributed by atoms with E-state index in [1.807, 2.05) is 0 Å². The first-order valence-corrected chi connectivity index (χ1v) is 6.32. The highest BCUT2D eigenvalue weighted by molar-refractivity contribution is 5.46. The molecule has 1 unspecified atom stereocenters. The number of likely N-dealkylation sites (N-methyl/N-ethyl adjacent to an activating group) is 1. The first-order chi connectivity index (χ1) is 7.78. The molecule has 0 bridgehead atoms. The van der Waals surface area contributed by atoms with Gasteiger partial charge in [-0.1, -0.05) is 19.1 Å². The van der Waals surface area contributed by atoms with Crippen molar-refractivity contribution in [3.05, 3.63) is 29.8 Å². The molecule has 88 valence electrons. The highest BCUT2D eigenvalue weighted by atomic mass is 15.1. The normalized spacial score (nSPS) is 22.0. The second-order valence-corrected chi connectivity index (χ2v) is 4.80. The molecule has 1 aliphatic heterocycles. The van der Waals surface area contributed by atoms with Crippen LogP contribution in [-0.4, -0.2) is 31.1 Å². The molecule has 1 heterocycles. The van der Waals surface area contributed by atoms with Gasteiger partial charge in [0.05, 0.1) is 0 Å². The van der Waals surface area contributed by atoms with E-state index in [0.29, 0.717) is 6.04 Å². The third-order valence-electron chi connectivity index (χ3n) is 3.33. The molecule has 1 fully saturated rings. The summed E-state index contributed by atoms with van der Waals surface area (Å²) in [6.45, 7) is 4.61. The molecule has 0 spiro atoms. The summed E-state index contributed by atoms with van der Waals surface area (Å²) < 4.78 is 0. The predicted octanol–water partition coefficient (Wildman–Crippen LogP) is 2.76. The summed E-state index contributed by atoms with van der Waals surface area (Å²) in [7, 11) is 2.20. The van der Waals surface area contributed by atoms with Gasteiger partial charge in [-0.2, -0.15) is 0 Å². The van der Waals surface area contributed by atoms with Crippen molar-refractivity contribution in [3.8, 4) is 0 Å². The Morgan fingerprint density at radius 2 is 2.31 bits per heavy atom. The molecule has 16 heavy (non-hydrogen) atoms. The van der Waals surface area contributed by atoms with Crippen molar-refractivity contribution in [1.82, 2.24) is 4.90 Å². The van der Waals surface area contributed by atoms with Crippen LogP contribution in [0.4, 0.5) is 5.69 Å². The maximum Gasteiger partial charge on any atom is 0.0388 e. The molecule has 1 saturated heterocycles.